The standard InChI is InChI=1S/C10H14N2O3/c1-14-7-3-4-8(9(6-11)12-13)10(5-7)15-2/h3-5,13H,6,11H2,1-2H3/b12-9-. The average Bonchev–Trinajstić information content (AvgIpc) is 2.31. The van der Waals surface area contributed by atoms with Crippen LogP contribution in [0, 0.1) is 0 Å². The molecule has 0 atom stereocenters. The third kappa shape index (κ3) is 2.38. The molecular formula is C10H14N2O3. The van der Waals surface area contributed by atoms with Gasteiger partial charge >= 0.3 is 0 Å². The van der Waals surface area contributed by atoms with Crippen molar-refractivity contribution in [2.45, 2.75) is 0 Å². The highest BCUT2D eigenvalue weighted by atomic mass is 16.5. The molecule has 0 bridgehead atoms. The molecular weight excluding hydrogens is 196 g/mol. The zero-order valence-electron chi connectivity index (χ0n) is 8.73. The van der Waals surface area contributed by atoms with Crippen LogP contribution in [-0.2, 0) is 0 Å². The summed E-state index contributed by atoms with van der Waals surface area (Å²) in [5, 5.41) is 11.9. The number of ether oxygens (including phenoxy) is 2. The lowest BCUT2D eigenvalue weighted by Crippen LogP contribution is -2.16. The normalized spacial score (nSPS) is 11.3. The van der Waals surface area contributed by atoms with Crippen LogP contribution in [0.2, 0.25) is 0 Å². The molecule has 0 spiro atoms. The summed E-state index contributed by atoms with van der Waals surface area (Å²) in [5.41, 5.74) is 6.46. The number of rotatable bonds is 4. The lowest BCUT2D eigenvalue weighted by molar-refractivity contribution is 0.318. The van der Waals surface area contributed by atoms with Gasteiger partial charge in [0.25, 0.3) is 0 Å². The lowest BCUT2D eigenvalue weighted by Gasteiger charge is -2.10. The van der Waals surface area contributed by atoms with Crippen LogP contribution < -0.4 is 15.2 Å². The van der Waals surface area contributed by atoms with E-state index in [1.54, 1.807) is 25.3 Å². The molecule has 1 rings (SSSR count). The van der Waals surface area contributed by atoms with Crippen molar-refractivity contribution < 1.29 is 14.7 Å². The molecule has 0 unspecified atom stereocenters. The predicted molar refractivity (Wildman–Crippen MR) is 56.9 cm³/mol. The van der Waals surface area contributed by atoms with Crippen LogP contribution in [0.4, 0.5) is 0 Å². The van der Waals surface area contributed by atoms with Crippen molar-refractivity contribution in [3.63, 3.8) is 0 Å². The molecule has 5 heteroatoms. The maximum absolute atomic E-state index is 8.75. The highest BCUT2D eigenvalue weighted by Crippen LogP contribution is 2.24. The summed E-state index contributed by atoms with van der Waals surface area (Å²) in [5.74, 6) is 1.23. The second-order valence-electron chi connectivity index (χ2n) is 2.82. The Morgan fingerprint density at radius 1 is 1.40 bits per heavy atom. The summed E-state index contributed by atoms with van der Waals surface area (Å²) in [6.07, 6.45) is 0. The van der Waals surface area contributed by atoms with Gasteiger partial charge in [-0.1, -0.05) is 5.16 Å². The van der Waals surface area contributed by atoms with E-state index in [1.165, 1.54) is 7.11 Å². The minimum atomic E-state index is 0.138. The van der Waals surface area contributed by atoms with Gasteiger partial charge in [0, 0.05) is 18.2 Å². The van der Waals surface area contributed by atoms with Gasteiger partial charge in [0.1, 0.15) is 17.2 Å². The first kappa shape index (κ1) is 11.3. The Kier molecular flexibility index (Phi) is 3.93. The Labute approximate surface area is 88.1 Å². The van der Waals surface area contributed by atoms with Gasteiger partial charge < -0.3 is 20.4 Å². The molecule has 0 fully saturated rings. The van der Waals surface area contributed by atoms with E-state index in [4.69, 9.17) is 20.4 Å². The Morgan fingerprint density at radius 2 is 2.13 bits per heavy atom. The zero-order chi connectivity index (χ0) is 11.3. The van der Waals surface area contributed by atoms with Crippen molar-refractivity contribution in [2.24, 2.45) is 10.9 Å². The molecule has 0 aliphatic carbocycles. The molecule has 0 heterocycles. The Hall–Kier alpha value is -1.75. The number of hydrogen-bond donors (Lipinski definition) is 2. The van der Waals surface area contributed by atoms with Gasteiger partial charge in [-0.05, 0) is 12.1 Å². The second-order valence-corrected chi connectivity index (χ2v) is 2.82. The summed E-state index contributed by atoms with van der Waals surface area (Å²) in [7, 11) is 3.10. The molecule has 0 saturated heterocycles. The lowest BCUT2D eigenvalue weighted by atomic mass is 10.1. The van der Waals surface area contributed by atoms with Gasteiger partial charge in [0.15, 0.2) is 0 Å². The number of oxime groups is 1. The van der Waals surface area contributed by atoms with Crippen LogP contribution in [-0.4, -0.2) is 31.7 Å². The van der Waals surface area contributed by atoms with E-state index in [9.17, 15) is 0 Å². The minimum Gasteiger partial charge on any atom is -0.497 e. The fraction of sp³-hybridized carbons (Fsp3) is 0.300. The van der Waals surface area contributed by atoms with E-state index in [-0.39, 0.29) is 6.54 Å². The van der Waals surface area contributed by atoms with E-state index < -0.39 is 0 Å². The zero-order valence-corrected chi connectivity index (χ0v) is 8.73. The fourth-order valence-corrected chi connectivity index (χ4v) is 1.24. The predicted octanol–water partition coefficient (Wildman–Crippen LogP) is 0.841. The topological polar surface area (TPSA) is 77.1 Å². The molecule has 0 aliphatic heterocycles. The van der Waals surface area contributed by atoms with E-state index in [2.05, 4.69) is 5.16 Å². The van der Waals surface area contributed by atoms with Crippen molar-refractivity contribution in [3.05, 3.63) is 23.8 Å². The highest BCUT2D eigenvalue weighted by molar-refractivity contribution is 6.03. The summed E-state index contributed by atoms with van der Waals surface area (Å²) < 4.78 is 10.2. The molecule has 0 aromatic heterocycles. The van der Waals surface area contributed by atoms with E-state index in [0.29, 0.717) is 22.8 Å². The molecule has 0 aliphatic rings. The second kappa shape index (κ2) is 5.21. The van der Waals surface area contributed by atoms with E-state index in [1.807, 2.05) is 0 Å². The number of nitrogens with zero attached hydrogens (tertiary/aromatic N) is 1. The number of hydrogen-bond acceptors (Lipinski definition) is 5. The maximum atomic E-state index is 8.75. The van der Waals surface area contributed by atoms with Gasteiger partial charge in [0.2, 0.25) is 0 Å². The van der Waals surface area contributed by atoms with Crippen molar-refractivity contribution in [1.29, 1.82) is 0 Å². The Balaban J connectivity index is 3.18. The summed E-state index contributed by atoms with van der Waals surface area (Å²) in [4.78, 5) is 0. The van der Waals surface area contributed by atoms with Crippen LogP contribution >= 0.6 is 0 Å². The largest absolute Gasteiger partial charge is 0.497 e. The van der Waals surface area contributed by atoms with Gasteiger partial charge in [-0.3, -0.25) is 0 Å². The minimum absolute atomic E-state index is 0.138. The molecule has 15 heavy (non-hydrogen) atoms. The van der Waals surface area contributed by atoms with E-state index >= 15 is 0 Å². The van der Waals surface area contributed by atoms with Crippen LogP contribution in [0.25, 0.3) is 0 Å². The third-order valence-electron chi connectivity index (χ3n) is 2.03. The first-order valence-electron chi connectivity index (χ1n) is 4.40. The molecule has 1 aromatic rings. The monoisotopic (exact) mass is 210 g/mol. The highest BCUT2D eigenvalue weighted by Gasteiger charge is 2.10. The molecule has 5 nitrogen and oxygen atoms in total. The fourth-order valence-electron chi connectivity index (χ4n) is 1.24. The molecule has 0 amide bonds. The van der Waals surface area contributed by atoms with Crippen molar-refractivity contribution in [2.75, 3.05) is 20.8 Å². The molecule has 82 valence electrons. The van der Waals surface area contributed by atoms with Crippen LogP contribution in [0.5, 0.6) is 11.5 Å². The van der Waals surface area contributed by atoms with Gasteiger partial charge in [0.05, 0.1) is 14.2 Å². The van der Waals surface area contributed by atoms with Crippen molar-refractivity contribution in [1.82, 2.24) is 0 Å². The smallest absolute Gasteiger partial charge is 0.131 e. The van der Waals surface area contributed by atoms with Gasteiger partial charge in [-0.15, -0.1) is 0 Å². The SMILES string of the molecule is COc1ccc(/C(CN)=N\O)c(OC)c1. The number of methoxy groups -OCH3 is 2. The number of nitrogens with two attached hydrogens (primary N) is 1. The Morgan fingerprint density at radius 3 is 2.60 bits per heavy atom. The molecule has 3 N–H and O–H groups in total. The van der Waals surface area contributed by atoms with Crippen molar-refractivity contribution >= 4 is 5.71 Å². The van der Waals surface area contributed by atoms with Crippen LogP contribution in [0.15, 0.2) is 23.4 Å². The molecule has 0 saturated carbocycles. The summed E-state index contributed by atoms with van der Waals surface area (Å²) in [6, 6.07) is 5.19. The Bertz CT molecular complexity index is 364. The third-order valence-corrected chi connectivity index (χ3v) is 2.03. The van der Waals surface area contributed by atoms with Gasteiger partial charge in [-0.2, -0.15) is 0 Å². The average molecular weight is 210 g/mol. The van der Waals surface area contributed by atoms with Crippen LogP contribution in [0.1, 0.15) is 5.56 Å². The van der Waals surface area contributed by atoms with Crippen molar-refractivity contribution in [3.8, 4) is 11.5 Å². The van der Waals surface area contributed by atoms with Gasteiger partial charge in [-0.25, -0.2) is 0 Å². The first-order valence-corrected chi connectivity index (χ1v) is 4.40. The van der Waals surface area contributed by atoms with Crippen LogP contribution in [0.3, 0.4) is 0 Å². The summed E-state index contributed by atoms with van der Waals surface area (Å²) >= 11 is 0. The maximum Gasteiger partial charge on any atom is 0.131 e. The van der Waals surface area contributed by atoms with E-state index in [0.717, 1.165) is 0 Å². The molecule has 1 aromatic carbocycles. The summed E-state index contributed by atoms with van der Waals surface area (Å²) in [6.45, 7) is 0.138. The molecule has 0 radical (unpaired) electrons. The number of benzene rings is 1. The quantitative estimate of drug-likeness (QED) is 0.438. The first-order chi connectivity index (χ1) is 7.26.